The van der Waals surface area contributed by atoms with E-state index in [9.17, 15) is 9.59 Å². The molecule has 0 unspecified atom stereocenters. The Bertz CT molecular complexity index is 799. The van der Waals surface area contributed by atoms with E-state index in [0.29, 0.717) is 36.2 Å². The van der Waals surface area contributed by atoms with E-state index >= 15 is 0 Å². The van der Waals surface area contributed by atoms with Crippen LogP contribution in [0.2, 0.25) is 0 Å². The van der Waals surface area contributed by atoms with Crippen LogP contribution in [0.1, 0.15) is 42.6 Å². The number of aryl methyl sites for hydroxylation is 1. The van der Waals surface area contributed by atoms with Crippen molar-refractivity contribution in [2.45, 2.75) is 34.1 Å². The number of benzene rings is 1. The van der Waals surface area contributed by atoms with Crippen molar-refractivity contribution in [3.8, 4) is 16.3 Å². The largest absolute Gasteiger partial charge is 0.494 e. The first-order valence-electron chi connectivity index (χ1n) is 9.42. The smallest absolute Gasteiger partial charge is 0.307 e. The molecule has 152 valence electrons. The van der Waals surface area contributed by atoms with E-state index in [1.54, 1.807) is 4.90 Å². The highest BCUT2D eigenvalue weighted by Crippen LogP contribution is 2.30. The SMILES string of the molecule is CCOc1ccc(-c2nc(C)c(C(=O)N(CCC(=O)OC)CC(C)C)s2)cc1. The Morgan fingerprint density at radius 2 is 1.89 bits per heavy atom. The molecule has 0 aliphatic carbocycles. The fraction of sp³-hybridized carbons (Fsp3) is 0.476. The maximum atomic E-state index is 13.1. The van der Waals surface area contributed by atoms with Gasteiger partial charge in [-0.05, 0) is 44.0 Å². The fourth-order valence-electron chi connectivity index (χ4n) is 2.77. The number of thiazole rings is 1. The minimum atomic E-state index is -0.322. The van der Waals surface area contributed by atoms with Crippen LogP contribution >= 0.6 is 11.3 Å². The van der Waals surface area contributed by atoms with Crippen LogP contribution in [0.5, 0.6) is 5.75 Å². The number of carbonyl (C=O) groups is 2. The fourth-order valence-corrected chi connectivity index (χ4v) is 3.81. The Morgan fingerprint density at radius 1 is 1.21 bits per heavy atom. The highest BCUT2D eigenvalue weighted by Gasteiger charge is 2.23. The van der Waals surface area contributed by atoms with Crippen molar-refractivity contribution in [2.24, 2.45) is 5.92 Å². The van der Waals surface area contributed by atoms with E-state index in [2.05, 4.69) is 4.98 Å². The molecule has 0 N–H and O–H groups in total. The molecule has 0 radical (unpaired) electrons. The minimum absolute atomic E-state index is 0.0928. The Balaban J connectivity index is 2.22. The van der Waals surface area contributed by atoms with Crippen molar-refractivity contribution >= 4 is 23.2 Å². The van der Waals surface area contributed by atoms with Crippen LogP contribution < -0.4 is 4.74 Å². The van der Waals surface area contributed by atoms with Crippen molar-refractivity contribution in [1.29, 1.82) is 0 Å². The molecular weight excluding hydrogens is 376 g/mol. The van der Waals surface area contributed by atoms with Gasteiger partial charge in [-0.1, -0.05) is 13.8 Å². The first-order valence-corrected chi connectivity index (χ1v) is 10.2. The second kappa shape index (κ2) is 10.2. The Morgan fingerprint density at radius 3 is 2.46 bits per heavy atom. The molecule has 1 aromatic carbocycles. The monoisotopic (exact) mass is 404 g/mol. The topological polar surface area (TPSA) is 68.7 Å². The van der Waals surface area contributed by atoms with Gasteiger partial charge in [-0.2, -0.15) is 0 Å². The average Bonchev–Trinajstić information content (AvgIpc) is 3.06. The summed E-state index contributed by atoms with van der Waals surface area (Å²) in [5.74, 6) is 0.685. The Kier molecular flexibility index (Phi) is 7.99. The van der Waals surface area contributed by atoms with Gasteiger partial charge in [0.05, 0.1) is 25.8 Å². The predicted octanol–water partition coefficient (Wildman–Crippen LogP) is 4.18. The van der Waals surface area contributed by atoms with Gasteiger partial charge >= 0.3 is 5.97 Å². The molecule has 6 nitrogen and oxygen atoms in total. The lowest BCUT2D eigenvalue weighted by atomic mass is 10.2. The average molecular weight is 405 g/mol. The van der Waals surface area contributed by atoms with Gasteiger partial charge in [0.1, 0.15) is 15.6 Å². The summed E-state index contributed by atoms with van der Waals surface area (Å²) in [5, 5.41) is 0.793. The van der Waals surface area contributed by atoms with E-state index in [0.717, 1.165) is 16.3 Å². The van der Waals surface area contributed by atoms with Gasteiger partial charge in [-0.25, -0.2) is 4.98 Å². The molecule has 1 aromatic heterocycles. The Labute approximate surface area is 170 Å². The molecule has 28 heavy (non-hydrogen) atoms. The van der Waals surface area contributed by atoms with Crippen LogP contribution in [0.25, 0.3) is 10.6 Å². The van der Waals surface area contributed by atoms with Crippen molar-refractivity contribution in [3.63, 3.8) is 0 Å². The standard InChI is InChI=1S/C21H28N2O4S/c1-6-27-17-9-7-16(8-10-17)20-22-15(4)19(28-20)21(25)23(13-14(2)3)12-11-18(24)26-5/h7-10,14H,6,11-13H2,1-5H3. The molecule has 1 amide bonds. The number of hydrogen-bond donors (Lipinski definition) is 0. The summed E-state index contributed by atoms with van der Waals surface area (Å²) in [5.41, 5.74) is 1.64. The first kappa shape index (κ1) is 21.9. The third-order valence-corrected chi connectivity index (χ3v) is 5.28. The van der Waals surface area contributed by atoms with E-state index in [1.165, 1.54) is 18.4 Å². The number of carbonyl (C=O) groups excluding carboxylic acids is 2. The van der Waals surface area contributed by atoms with Crippen LogP contribution in [0.4, 0.5) is 0 Å². The molecular formula is C21H28N2O4S. The molecule has 7 heteroatoms. The van der Waals surface area contributed by atoms with Gasteiger partial charge in [0.15, 0.2) is 0 Å². The molecule has 1 heterocycles. The second-order valence-corrected chi connectivity index (χ2v) is 7.86. The number of amides is 1. The van der Waals surface area contributed by atoms with Gasteiger partial charge in [0.25, 0.3) is 5.91 Å². The zero-order valence-electron chi connectivity index (χ0n) is 17.2. The highest BCUT2D eigenvalue weighted by atomic mass is 32.1. The summed E-state index contributed by atoms with van der Waals surface area (Å²) < 4.78 is 10.2. The zero-order chi connectivity index (χ0) is 20.7. The summed E-state index contributed by atoms with van der Waals surface area (Å²) >= 11 is 1.38. The number of rotatable bonds is 9. The highest BCUT2D eigenvalue weighted by molar-refractivity contribution is 7.17. The van der Waals surface area contributed by atoms with E-state index in [1.807, 2.05) is 52.0 Å². The van der Waals surface area contributed by atoms with E-state index < -0.39 is 0 Å². The number of esters is 1. The molecule has 0 atom stereocenters. The van der Waals surface area contributed by atoms with Crippen LogP contribution in [0, 0.1) is 12.8 Å². The summed E-state index contributed by atoms with van der Waals surface area (Å²) in [6, 6.07) is 7.69. The summed E-state index contributed by atoms with van der Waals surface area (Å²) in [6.07, 6.45) is 0.179. The quantitative estimate of drug-likeness (QED) is 0.587. The first-order chi connectivity index (χ1) is 13.3. The van der Waals surface area contributed by atoms with Crippen LogP contribution in [-0.2, 0) is 9.53 Å². The number of methoxy groups -OCH3 is 1. The van der Waals surface area contributed by atoms with Gasteiger partial charge in [0.2, 0.25) is 0 Å². The van der Waals surface area contributed by atoms with Crippen molar-refractivity contribution in [3.05, 3.63) is 34.8 Å². The lowest BCUT2D eigenvalue weighted by molar-refractivity contribution is -0.140. The van der Waals surface area contributed by atoms with Gasteiger partial charge < -0.3 is 14.4 Å². The van der Waals surface area contributed by atoms with Crippen molar-refractivity contribution in [1.82, 2.24) is 9.88 Å². The molecule has 2 rings (SSSR count). The summed E-state index contributed by atoms with van der Waals surface area (Å²) in [7, 11) is 1.35. The predicted molar refractivity (Wildman–Crippen MR) is 111 cm³/mol. The second-order valence-electron chi connectivity index (χ2n) is 6.86. The molecule has 0 bridgehead atoms. The van der Waals surface area contributed by atoms with E-state index in [-0.39, 0.29) is 18.3 Å². The van der Waals surface area contributed by atoms with Crippen LogP contribution in [0.15, 0.2) is 24.3 Å². The maximum absolute atomic E-state index is 13.1. The molecule has 0 saturated carbocycles. The molecule has 0 spiro atoms. The lowest BCUT2D eigenvalue weighted by Gasteiger charge is -2.23. The van der Waals surface area contributed by atoms with Crippen LogP contribution in [-0.4, -0.2) is 48.6 Å². The third kappa shape index (κ3) is 5.79. The molecule has 0 aliphatic heterocycles. The number of hydrogen-bond acceptors (Lipinski definition) is 6. The van der Waals surface area contributed by atoms with Crippen LogP contribution in [0.3, 0.4) is 0 Å². The molecule has 0 fully saturated rings. The summed E-state index contributed by atoms with van der Waals surface area (Å²) in [6.45, 7) is 9.40. The minimum Gasteiger partial charge on any atom is -0.494 e. The summed E-state index contributed by atoms with van der Waals surface area (Å²) in [4.78, 5) is 31.5. The van der Waals surface area contributed by atoms with Gasteiger partial charge in [-0.3, -0.25) is 9.59 Å². The van der Waals surface area contributed by atoms with Gasteiger partial charge in [-0.15, -0.1) is 11.3 Å². The lowest BCUT2D eigenvalue weighted by Crippen LogP contribution is -2.36. The number of ether oxygens (including phenoxy) is 2. The molecule has 0 aliphatic rings. The number of aromatic nitrogens is 1. The number of nitrogens with zero attached hydrogens (tertiary/aromatic N) is 2. The van der Waals surface area contributed by atoms with Crippen molar-refractivity contribution < 1.29 is 19.1 Å². The molecule has 0 saturated heterocycles. The zero-order valence-corrected chi connectivity index (χ0v) is 18.0. The van der Waals surface area contributed by atoms with E-state index in [4.69, 9.17) is 9.47 Å². The Hall–Kier alpha value is -2.41. The van der Waals surface area contributed by atoms with Crippen molar-refractivity contribution in [2.75, 3.05) is 26.8 Å². The third-order valence-electron chi connectivity index (χ3n) is 4.09. The maximum Gasteiger partial charge on any atom is 0.307 e. The van der Waals surface area contributed by atoms with Gasteiger partial charge in [0, 0.05) is 18.7 Å². The normalized spacial score (nSPS) is 10.8. The molecule has 2 aromatic rings.